The number of halogens is 1. The molecule has 0 aliphatic heterocycles. The average molecular weight is 443 g/mol. The number of anilines is 2. The molecular weight excluding hydrogens is 420 g/mol. The fourth-order valence-corrected chi connectivity index (χ4v) is 3.82. The zero-order chi connectivity index (χ0) is 19.3. The minimum absolute atomic E-state index is 0.438. The highest BCUT2D eigenvalue weighted by Crippen LogP contribution is 2.28. The van der Waals surface area contributed by atoms with Crippen LogP contribution < -0.4 is 15.4 Å². The minimum Gasteiger partial charge on any atom is -0.479 e. The third-order valence-corrected chi connectivity index (χ3v) is 5.55. The summed E-state index contributed by atoms with van der Waals surface area (Å²) in [5.74, 6) is 2.76. The lowest BCUT2D eigenvalue weighted by atomic mass is 9.86. The zero-order valence-electron chi connectivity index (χ0n) is 15.7. The van der Waals surface area contributed by atoms with E-state index in [1.54, 1.807) is 25.7 Å². The SMILES string of the molecule is COc1nccc2ccc(NC3CCC(CNc4ncc(Br)cn4)CC3)nc12. The van der Waals surface area contributed by atoms with E-state index in [1.807, 2.05) is 12.1 Å². The summed E-state index contributed by atoms with van der Waals surface area (Å²) in [5, 5.41) is 7.95. The predicted molar refractivity (Wildman–Crippen MR) is 114 cm³/mol. The van der Waals surface area contributed by atoms with Crippen LogP contribution in [0.5, 0.6) is 5.88 Å². The molecule has 8 heteroatoms. The van der Waals surface area contributed by atoms with Gasteiger partial charge in [-0.05, 0) is 65.7 Å². The van der Waals surface area contributed by atoms with Gasteiger partial charge >= 0.3 is 0 Å². The second-order valence-electron chi connectivity index (χ2n) is 7.06. The molecule has 0 spiro atoms. The van der Waals surface area contributed by atoms with Crippen molar-refractivity contribution in [2.75, 3.05) is 24.3 Å². The molecule has 0 radical (unpaired) electrons. The molecule has 0 aromatic carbocycles. The van der Waals surface area contributed by atoms with Gasteiger partial charge in [-0.1, -0.05) is 0 Å². The maximum absolute atomic E-state index is 5.34. The molecule has 1 aliphatic rings. The van der Waals surface area contributed by atoms with E-state index in [2.05, 4.69) is 47.6 Å². The van der Waals surface area contributed by atoms with Crippen LogP contribution in [-0.2, 0) is 0 Å². The first-order valence-corrected chi connectivity index (χ1v) is 10.3. The van der Waals surface area contributed by atoms with E-state index in [-0.39, 0.29) is 0 Å². The van der Waals surface area contributed by atoms with Gasteiger partial charge < -0.3 is 15.4 Å². The Balaban J connectivity index is 1.30. The van der Waals surface area contributed by atoms with Gasteiger partial charge in [-0.25, -0.2) is 19.9 Å². The molecule has 0 atom stereocenters. The van der Waals surface area contributed by atoms with E-state index in [0.717, 1.165) is 40.6 Å². The summed E-state index contributed by atoms with van der Waals surface area (Å²) in [6.45, 7) is 0.908. The third-order valence-electron chi connectivity index (χ3n) is 5.14. The predicted octanol–water partition coefficient (Wildman–Crippen LogP) is 4.27. The Morgan fingerprint density at radius 2 is 1.86 bits per heavy atom. The maximum atomic E-state index is 5.34. The smallest absolute Gasteiger partial charge is 0.240 e. The van der Waals surface area contributed by atoms with Gasteiger partial charge in [0.25, 0.3) is 0 Å². The lowest BCUT2D eigenvalue weighted by molar-refractivity contribution is 0.350. The number of nitrogens with zero attached hydrogens (tertiary/aromatic N) is 4. The fourth-order valence-electron chi connectivity index (χ4n) is 3.61. The minimum atomic E-state index is 0.438. The second-order valence-corrected chi connectivity index (χ2v) is 7.97. The normalized spacial score (nSPS) is 19.4. The highest BCUT2D eigenvalue weighted by molar-refractivity contribution is 9.10. The van der Waals surface area contributed by atoms with Crippen molar-refractivity contribution in [3.8, 4) is 5.88 Å². The quantitative estimate of drug-likeness (QED) is 0.589. The van der Waals surface area contributed by atoms with Gasteiger partial charge in [0.05, 0.1) is 11.6 Å². The molecular formula is C20H23BrN6O. The summed E-state index contributed by atoms with van der Waals surface area (Å²) in [6.07, 6.45) is 9.84. The van der Waals surface area contributed by atoms with E-state index in [0.29, 0.717) is 23.8 Å². The molecule has 28 heavy (non-hydrogen) atoms. The number of nitrogens with one attached hydrogen (secondary N) is 2. The van der Waals surface area contributed by atoms with Gasteiger partial charge in [-0.2, -0.15) is 0 Å². The number of methoxy groups -OCH3 is 1. The highest BCUT2D eigenvalue weighted by atomic mass is 79.9. The molecule has 3 aromatic heterocycles. The number of fused-ring (bicyclic) bond motifs is 1. The van der Waals surface area contributed by atoms with Crippen molar-refractivity contribution in [3.05, 3.63) is 41.3 Å². The molecule has 7 nitrogen and oxygen atoms in total. The van der Waals surface area contributed by atoms with Gasteiger partial charge in [0.1, 0.15) is 11.3 Å². The zero-order valence-corrected chi connectivity index (χ0v) is 17.3. The Bertz CT molecular complexity index is 928. The van der Waals surface area contributed by atoms with Crippen LogP contribution in [0.1, 0.15) is 25.7 Å². The summed E-state index contributed by atoms with van der Waals surface area (Å²) in [5.41, 5.74) is 0.794. The molecule has 0 unspecified atom stereocenters. The van der Waals surface area contributed by atoms with Crippen molar-refractivity contribution >= 4 is 38.6 Å². The molecule has 4 rings (SSSR count). The Hall–Kier alpha value is -2.48. The molecule has 0 bridgehead atoms. The molecule has 146 valence electrons. The first kappa shape index (κ1) is 18.9. The van der Waals surface area contributed by atoms with Crippen molar-refractivity contribution in [1.29, 1.82) is 0 Å². The third kappa shape index (κ3) is 4.49. The monoisotopic (exact) mass is 442 g/mol. The van der Waals surface area contributed by atoms with E-state index in [9.17, 15) is 0 Å². The molecule has 1 saturated carbocycles. The fraction of sp³-hybridized carbons (Fsp3) is 0.400. The summed E-state index contributed by atoms with van der Waals surface area (Å²) < 4.78 is 6.22. The summed E-state index contributed by atoms with van der Waals surface area (Å²) in [4.78, 5) is 17.5. The van der Waals surface area contributed by atoms with Crippen LogP contribution in [0, 0.1) is 5.92 Å². The van der Waals surface area contributed by atoms with Gasteiger partial charge in [0.2, 0.25) is 11.8 Å². The number of rotatable bonds is 6. The number of hydrogen-bond acceptors (Lipinski definition) is 7. The highest BCUT2D eigenvalue weighted by Gasteiger charge is 2.21. The molecule has 3 aromatic rings. The first-order chi connectivity index (χ1) is 13.7. The lowest BCUT2D eigenvalue weighted by Crippen LogP contribution is -2.29. The maximum Gasteiger partial charge on any atom is 0.240 e. The van der Waals surface area contributed by atoms with Crippen LogP contribution in [0.25, 0.3) is 10.9 Å². The Labute approximate surface area is 172 Å². The van der Waals surface area contributed by atoms with Crippen molar-refractivity contribution in [2.24, 2.45) is 5.92 Å². The van der Waals surface area contributed by atoms with Gasteiger partial charge in [0.15, 0.2) is 0 Å². The first-order valence-electron chi connectivity index (χ1n) is 9.49. The summed E-state index contributed by atoms with van der Waals surface area (Å²) in [6, 6.07) is 6.47. The van der Waals surface area contributed by atoms with Gasteiger partial charge in [-0.15, -0.1) is 0 Å². The standard InChI is InChI=1S/C20H23BrN6O/c1-28-19-18-14(8-9-22-19)4-7-17(27-18)26-16-5-2-13(3-6-16)10-23-20-24-11-15(21)12-25-20/h4,7-9,11-13,16H,2-3,5-6,10H2,1H3,(H,26,27)(H,23,24,25). The van der Waals surface area contributed by atoms with E-state index < -0.39 is 0 Å². The topological polar surface area (TPSA) is 84.9 Å². The van der Waals surface area contributed by atoms with Crippen molar-refractivity contribution in [3.63, 3.8) is 0 Å². The van der Waals surface area contributed by atoms with Crippen molar-refractivity contribution in [1.82, 2.24) is 19.9 Å². The summed E-state index contributed by atoms with van der Waals surface area (Å²) >= 11 is 3.35. The van der Waals surface area contributed by atoms with Crippen molar-refractivity contribution < 1.29 is 4.74 Å². The second kappa shape index (κ2) is 8.68. The van der Waals surface area contributed by atoms with E-state index in [1.165, 1.54) is 12.8 Å². The van der Waals surface area contributed by atoms with Crippen LogP contribution in [0.15, 0.2) is 41.3 Å². The lowest BCUT2D eigenvalue weighted by Gasteiger charge is -2.29. The van der Waals surface area contributed by atoms with Crippen LogP contribution in [-0.4, -0.2) is 39.6 Å². The molecule has 3 heterocycles. The molecule has 0 amide bonds. The summed E-state index contributed by atoms with van der Waals surface area (Å²) in [7, 11) is 1.62. The van der Waals surface area contributed by atoms with Crippen molar-refractivity contribution in [2.45, 2.75) is 31.7 Å². The largest absolute Gasteiger partial charge is 0.479 e. The number of hydrogen-bond donors (Lipinski definition) is 2. The number of ether oxygens (including phenoxy) is 1. The number of aromatic nitrogens is 4. The Kier molecular flexibility index (Phi) is 5.85. The van der Waals surface area contributed by atoms with Crippen LogP contribution >= 0.6 is 15.9 Å². The Morgan fingerprint density at radius 1 is 1.07 bits per heavy atom. The average Bonchev–Trinajstić information content (AvgIpc) is 2.74. The van der Waals surface area contributed by atoms with E-state index in [4.69, 9.17) is 9.72 Å². The Morgan fingerprint density at radius 3 is 2.61 bits per heavy atom. The molecule has 1 aliphatic carbocycles. The van der Waals surface area contributed by atoms with E-state index >= 15 is 0 Å². The van der Waals surface area contributed by atoms with Crippen LogP contribution in [0.4, 0.5) is 11.8 Å². The van der Waals surface area contributed by atoms with Crippen LogP contribution in [0.3, 0.4) is 0 Å². The molecule has 2 N–H and O–H groups in total. The molecule has 0 saturated heterocycles. The van der Waals surface area contributed by atoms with Crippen LogP contribution in [0.2, 0.25) is 0 Å². The van der Waals surface area contributed by atoms with Gasteiger partial charge in [0, 0.05) is 36.6 Å². The van der Waals surface area contributed by atoms with Gasteiger partial charge in [-0.3, -0.25) is 0 Å². The number of pyridine rings is 2. The molecule has 1 fully saturated rings.